The molecule has 2 rings (SSSR count). The third kappa shape index (κ3) is 4.37. The van der Waals surface area contributed by atoms with E-state index in [1.807, 2.05) is 6.07 Å². The molecule has 0 aliphatic heterocycles. The fourth-order valence-electron chi connectivity index (χ4n) is 1.62. The molecule has 0 fully saturated rings. The van der Waals surface area contributed by atoms with Gasteiger partial charge in [-0.2, -0.15) is 0 Å². The summed E-state index contributed by atoms with van der Waals surface area (Å²) < 4.78 is 26.9. The molecule has 0 saturated heterocycles. The average Bonchev–Trinajstić information content (AvgIpc) is 2.91. The summed E-state index contributed by atoms with van der Waals surface area (Å²) in [7, 11) is -3.54. The minimum absolute atomic E-state index is 0.175. The number of hydrogen-bond acceptors (Lipinski definition) is 5. The number of aryl methyl sites for hydroxylation is 1. The van der Waals surface area contributed by atoms with Crippen LogP contribution in [0.5, 0.6) is 0 Å². The lowest BCUT2D eigenvalue weighted by atomic mass is 10.1. The van der Waals surface area contributed by atoms with Gasteiger partial charge in [0.05, 0.1) is 11.2 Å². The van der Waals surface area contributed by atoms with Crippen LogP contribution in [-0.2, 0) is 16.6 Å². The number of benzene rings is 1. The molecule has 0 amide bonds. The van der Waals surface area contributed by atoms with Crippen LogP contribution in [0.2, 0.25) is 0 Å². The van der Waals surface area contributed by atoms with E-state index in [2.05, 4.69) is 21.5 Å². The minimum atomic E-state index is -3.54. The van der Waals surface area contributed by atoms with Gasteiger partial charge in [0.15, 0.2) is 4.21 Å². The number of nitrogens with one attached hydrogen (secondary N) is 1. The quantitative estimate of drug-likeness (QED) is 0.831. The van der Waals surface area contributed by atoms with Gasteiger partial charge in [0.25, 0.3) is 10.0 Å². The largest absolute Gasteiger partial charge is 0.384 e. The smallest absolute Gasteiger partial charge is 0.251 e. The summed E-state index contributed by atoms with van der Waals surface area (Å²) in [5.41, 5.74) is 1.53. The maximum absolute atomic E-state index is 12.1. The molecular weight excluding hydrogens is 308 g/mol. The summed E-state index contributed by atoms with van der Waals surface area (Å²) >= 11 is 1.13. The normalized spacial score (nSPS) is 11.0. The lowest BCUT2D eigenvalue weighted by Crippen LogP contribution is -2.22. The van der Waals surface area contributed by atoms with E-state index in [9.17, 15) is 8.42 Å². The van der Waals surface area contributed by atoms with Crippen LogP contribution in [0.1, 0.15) is 16.1 Å². The first-order valence-corrected chi connectivity index (χ1v) is 8.42. The van der Waals surface area contributed by atoms with Crippen LogP contribution in [0.25, 0.3) is 0 Å². The van der Waals surface area contributed by atoms with E-state index in [0.29, 0.717) is 5.01 Å². The molecule has 0 bridgehead atoms. The highest BCUT2D eigenvalue weighted by Gasteiger charge is 2.16. The number of aliphatic hydroxyl groups is 1. The van der Waals surface area contributed by atoms with Gasteiger partial charge in [0.2, 0.25) is 0 Å². The van der Waals surface area contributed by atoms with Gasteiger partial charge in [-0.15, -0.1) is 11.3 Å². The van der Waals surface area contributed by atoms with Crippen LogP contribution in [0, 0.1) is 18.8 Å². The average molecular weight is 322 g/mol. The Hall–Kier alpha value is -1.72. The van der Waals surface area contributed by atoms with Gasteiger partial charge in [0.1, 0.15) is 6.61 Å². The SMILES string of the molecule is Cc1ncc(S(=O)(=O)NCc2cccc(C#CCO)c2)s1. The molecule has 0 spiro atoms. The van der Waals surface area contributed by atoms with Crippen molar-refractivity contribution in [2.75, 3.05) is 6.61 Å². The van der Waals surface area contributed by atoms with Crippen molar-refractivity contribution in [1.82, 2.24) is 9.71 Å². The second-order valence-electron chi connectivity index (χ2n) is 4.18. The highest BCUT2D eigenvalue weighted by Crippen LogP contribution is 2.17. The van der Waals surface area contributed by atoms with E-state index < -0.39 is 10.0 Å². The number of aliphatic hydroxyl groups excluding tert-OH is 1. The summed E-state index contributed by atoms with van der Waals surface area (Å²) in [6.45, 7) is 1.72. The predicted octanol–water partition coefficient (Wildman–Crippen LogP) is 1.27. The zero-order chi connectivity index (χ0) is 15.3. The lowest BCUT2D eigenvalue weighted by Gasteiger charge is -2.05. The van der Waals surface area contributed by atoms with E-state index in [-0.39, 0.29) is 17.4 Å². The van der Waals surface area contributed by atoms with Crippen LogP contribution in [0.4, 0.5) is 0 Å². The number of thiazole rings is 1. The predicted molar refractivity (Wildman–Crippen MR) is 81.3 cm³/mol. The van der Waals surface area contributed by atoms with Gasteiger partial charge in [-0.3, -0.25) is 0 Å². The highest BCUT2D eigenvalue weighted by molar-refractivity contribution is 7.91. The molecule has 2 aromatic rings. The standard InChI is InChI=1S/C14H14N2O3S2/c1-11-15-10-14(20-11)21(18,19)16-9-13-5-2-4-12(8-13)6-3-7-17/h2,4-5,8,10,16-17H,7,9H2,1H3. The summed E-state index contributed by atoms with van der Waals surface area (Å²) in [4.78, 5) is 3.94. The molecule has 0 radical (unpaired) electrons. The first-order valence-electron chi connectivity index (χ1n) is 6.12. The molecule has 0 atom stereocenters. The zero-order valence-corrected chi connectivity index (χ0v) is 13.0. The Morgan fingerprint density at radius 2 is 2.24 bits per heavy atom. The number of aromatic nitrogens is 1. The second-order valence-corrected chi connectivity index (χ2v) is 7.41. The van der Waals surface area contributed by atoms with E-state index >= 15 is 0 Å². The number of hydrogen-bond donors (Lipinski definition) is 2. The van der Waals surface area contributed by atoms with Crippen molar-refractivity contribution in [3.8, 4) is 11.8 Å². The number of rotatable bonds is 4. The first-order chi connectivity index (χ1) is 10.0. The third-order valence-corrected chi connectivity index (χ3v) is 5.35. The third-order valence-electron chi connectivity index (χ3n) is 2.57. The van der Waals surface area contributed by atoms with Crippen molar-refractivity contribution >= 4 is 21.4 Å². The fourth-order valence-corrected chi connectivity index (χ4v) is 3.79. The minimum Gasteiger partial charge on any atom is -0.384 e. The van der Waals surface area contributed by atoms with Gasteiger partial charge in [0, 0.05) is 12.1 Å². The molecule has 2 N–H and O–H groups in total. The maximum Gasteiger partial charge on any atom is 0.251 e. The van der Waals surface area contributed by atoms with Gasteiger partial charge in [-0.25, -0.2) is 18.1 Å². The molecule has 21 heavy (non-hydrogen) atoms. The molecular formula is C14H14N2O3S2. The molecule has 0 aliphatic carbocycles. The van der Waals surface area contributed by atoms with Crippen LogP contribution in [0.15, 0.2) is 34.7 Å². The topological polar surface area (TPSA) is 79.3 Å². The van der Waals surface area contributed by atoms with Crippen molar-refractivity contribution in [2.24, 2.45) is 0 Å². The lowest BCUT2D eigenvalue weighted by molar-refractivity contribution is 0.350. The molecule has 5 nitrogen and oxygen atoms in total. The molecule has 1 aromatic heterocycles. The summed E-state index contributed by atoms with van der Waals surface area (Å²) in [5, 5.41) is 9.37. The van der Waals surface area contributed by atoms with Crippen LogP contribution in [0.3, 0.4) is 0 Å². The van der Waals surface area contributed by atoms with E-state index in [0.717, 1.165) is 22.5 Å². The van der Waals surface area contributed by atoms with Crippen molar-refractivity contribution in [3.63, 3.8) is 0 Å². The Morgan fingerprint density at radius 1 is 1.43 bits per heavy atom. The van der Waals surface area contributed by atoms with Crippen molar-refractivity contribution < 1.29 is 13.5 Å². The van der Waals surface area contributed by atoms with Crippen molar-refractivity contribution in [2.45, 2.75) is 17.7 Å². The van der Waals surface area contributed by atoms with Crippen molar-refractivity contribution in [1.29, 1.82) is 0 Å². The summed E-state index contributed by atoms with van der Waals surface area (Å²) in [5.74, 6) is 5.33. The van der Waals surface area contributed by atoms with Crippen LogP contribution in [-0.4, -0.2) is 25.1 Å². The molecule has 0 saturated carbocycles. The second kappa shape index (κ2) is 6.83. The Morgan fingerprint density at radius 3 is 2.90 bits per heavy atom. The molecule has 1 aromatic carbocycles. The Kier molecular flexibility index (Phi) is 5.09. The first kappa shape index (κ1) is 15.7. The van der Waals surface area contributed by atoms with Gasteiger partial charge in [-0.1, -0.05) is 24.0 Å². The van der Waals surface area contributed by atoms with E-state index in [4.69, 9.17) is 5.11 Å². The highest BCUT2D eigenvalue weighted by atomic mass is 32.2. The number of sulfonamides is 1. The van der Waals surface area contributed by atoms with Crippen LogP contribution < -0.4 is 4.72 Å². The molecule has 0 unspecified atom stereocenters. The molecule has 7 heteroatoms. The Bertz CT molecular complexity index is 786. The maximum atomic E-state index is 12.1. The molecule has 1 heterocycles. The van der Waals surface area contributed by atoms with Gasteiger partial charge >= 0.3 is 0 Å². The van der Waals surface area contributed by atoms with Crippen LogP contribution >= 0.6 is 11.3 Å². The van der Waals surface area contributed by atoms with Gasteiger partial charge in [-0.05, 0) is 24.6 Å². The zero-order valence-electron chi connectivity index (χ0n) is 11.3. The monoisotopic (exact) mass is 322 g/mol. The molecule has 110 valence electrons. The van der Waals surface area contributed by atoms with Gasteiger partial charge < -0.3 is 5.11 Å². The van der Waals surface area contributed by atoms with E-state index in [1.165, 1.54) is 6.20 Å². The van der Waals surface area contributed by atoms with E-state index in [1.54, 1.807) is 25.1 Å². The Labute approximate surface area is 127 Å². The van der Waals surface area contributed by atoms with Crippen molar-refractivity contribution in [3.05, 3.63) is 46.6 Å². The fraction of sp³-hybridized carbons (Fsp3) is 0.214. The summed E-state index contributed by atoms with van der Waals surface area (Å²) in [6, 6.07) is 7.18. The number of nitrogens with zero attached hydrogens (tertiary/aromatic N) is 1. The summed E-state index contributed by atoms with van der Waals surface area (Å²) in [6.07, 6.45) is 1.35. The molecule has 0 aliphatic rings. The Balaban J connectivity index is 2.09.